The Kier molecular flexibility index (Phi) is 3.73. The summed E-state index contributed by atoms with van der Waals surface area (Å²) in [5, 5.41) is 0. The summed E-state index contributed by atoms with van der Waals surface area (Å²) in [6, 6.07) is 14.3. The highest BCUT2D eigenvalue weighted by atomic mass is 32.1. The molecule has 2 heterocycles. The SMILES string of the molecule is Cc1ccc(-c2c(C)sc3nc(-c4ccc(F)cc4)c(C=O)n23)cc1. The standard InChI is InChI=1S/C20H15FN2OS/c1-12-3-5-15(6-4-12)19-13(2)25-20-22-18(17(11-24)23(19)20)14-7-9-16(21)10-8-14/h3-11H,1-2H3. The Bertz CT molecular complexity index is 1080. The van der Waals surface area contributed by atoms with Crippen LogP contribution in [0.25, 0.3) is 27.5 Å². The predicted octanol–water partition coefficient (Wildman–Crippen LogP) is 5.30. The number of nitrogens with zero attached hydrogens (tertiary/aromatic N) is 2. The molecule has 0 saturated carbocycles. The van der Waals surface area contributed by atoms with Gasteiger partial charge >= 0.3 is 0 Å². The summed E-state index contributed by atoms with van der Waals surface area (Å²) in [5.41, 5.74) is 4.99. The number of fused-ring (bicyclic) bond motifs is 1. The molecule has 2 aromatic heterocycles. The van der Waals surface area contributed by atoms with Crippen LogP contribution in [0, 0.1) is 19.7 Å². The summed E-state index contributed by atoms with van der Waals surface area (Å²) in [7, 11) is 0. The lowest BCUT2D eigenvalue weighted by Gasteiger charge is -2.05. The highest BCUT2D eigenvalue weighted by molar-refractivity contribution is 7.17. The predicted molar refractivity (Wildman–Crippen MR) is 98.8 cm³/mol. The van der Waals surface area contributed by atoms with Crippen LogP contribution >= 0.6 is 11.3 Å². The first-order valence-corrected chi connectivity index (χ1v) is 8.70. The Morgan fingerprint density at radius 1 is 1.00 bits per heavy atom. The highest BCUT2D eigenvalue weighted by Crippen LogP contribution is 2.35. The molecule has 124 valence electrons. The van der Waals surface area contributed by atoms with Gasteiger partial charge < -0.3 is 0 Å². The van der Waals surface area contributed by atoms with Gasteiger partial charge in [0.05, 0.1) is 5.69 Å². The van der Waals surface area contributed by atoms with Crippen LogP contribution in [0.2, 0.25) is 0 Å². The molecular formula is C20H15FN2OS. The van der Waals surface area contributed by atoms with E-state index in [1.165, 1.54) is 17.7 Å². The number of carbonyl (C=O) groups excluding carboxylic acids is 1. The van der Waals surface area contributed by atoms with Gasteiger partial charge in [-0.2, -0.15) is 0 Å². The minimum Gasteiger partial charge on any atom is -0.296 e. The quantitative estimate of drug-likeness (QED) is 0.470. The molecule has 0 fully saturated rings. The van der Waals surface area contributed by atoms with Gasteiger partial charge in [0, 0.05) is 10.4 Å². The zero-order valence-electron chi connectivity index (χ0n) is 13.8. The molecule has 0 aliphatic rings. The number of thiazole rings is 1. The first-order valence-electron chi connectivity index (χ1n) is 7.88. The number of aryl methyl sites for hydroxylation is 2. The van der Waals surface area contributed by atoms with Crippen molar-refractivity contribution in [2.45, 2.75) is 13.8 Å². The first kappa shape index (κ1) is 15.7. The minimum atomic E-state index is -0.311. The first-order chi connectivity index (χ1) is 12.1. The van der Waals surface area contributed by atoms with Crippen LogP contribution in [0.3, 0.4) is 0 Å². The number of aldehydes is 1. The smallest absolute Gasteiger partial charge is 0.195 e. The summed E-state index contributed by atoms with van der Waals surface area (Å²) in [6.45, 7) is 4.07. The van der Waals surface area contributed by atoms with E-state index in [2.05, 4.69) is 29.2 Å². The van der Waals surface area contributed by atoms with Gasteiger partial charge in [-0.15, -0.1) is 11.3 Å². The molecule has 0 aliphatic carbocycles. The number of halogens is 1. The fourth-order valence-corrected chi connectivity index (χ4v) is 4.01. The molecule has 0 atom stereocenters. The van der Waals surface area contributed by atoms with E-state index >= 15 is 0 Å². The summed E-state index contributed by atoms with van der Waals surface area (Å²) < 4.78 is 15.1. The van der Waals surface area contributed by atoms with Crippen LogP contribution in [-0.4, -0.2) is 15.7 Å². The summed E-state index contributed by atoms with van der Waals surface area (Å²) in [4.78, 5) is 18.4. The number of hydrogen-bond donors (Lipinski definition) is 0. The fraction of sp³-hybridized carbons (Fsp3) is 0.100. The van der Waals surface area contributed by atoms with Crippen molar-refractivity contribution in [2.24, 2.45) is 0 Å². The van der Waals surface area contributed by atoms with Gasteiger partial charge in [0.15, 0.2) is 11.2 Å². The van der Waals surface area contributed by atoms with Gasteiger partial charge in [0.25, 0.3) is 0 Å². The van der Waals surface area contributed by atoms with Crippen molar-refractivity contribution in [3.63, 3.8) is 0 Å². The Morgan fingerprint density at radius 2 is 1.64 bits per heavy atom. The van der Waals surface area contributed by atoms with E-state index in [1.807, 2.05) is 18.2 Å². The molecule has 5 heteroatoms. The van der Waals surface area contributed by atoms with Crippen molar-refractivity contribution in [2.75, 3.05) is 0 Å². The number of imidazole rings is 1. The molecule has 4 rings (SSSR count). The third-order valence-electron chi connectivity index (χ3n) is 4.24. The van der Waals surface area contributed by atoms with E-state index in [-0.39, 0.29) is 5.82 Å². The van der Waals surface area contributed by atoms with E-state index in [1.54, 1.807) is 23.5 Å². The normalized spacial score (nSPS) is 11.2. The third-order valence-corrected chi connectivity index (χ3v) is 5.19. The van der Waals surface area contributed by atoms with E-state index in [4.69, 9.17) is 0 Å². The Hall–Kier alpha value is -2.79. The number of hydrogen-bond acceptors (Lipinski definition) is 3. The Morgan fingerprint density at radius 3 is 2.28 bits per heavy atom. The van der Waals surface area contributed by atoms with Crippen molar-refractivity contribution in [3.05, 3.63) is 70.5 Å². The molecule has 0 N–H and O–H groups in total. The average molecular weight is 350 g/mol. The molecule has 0 aliphatic heterocycles. The van der Waals surface area contributed by atoms with Gasteiger partial charge in [0.1, 0.15) is 17.2 Å². The van der Waals surface area contributed by atoms with Crippen molar-refractivity contribution >= 4 is 22.6 Å². The molecule has 0 saturated heterocycles. The molecule has 0 bridgehead atoms. The van der Waals surface area contributed by atoms with Crippen LogP contribution in [-0.2, 0) is 0 Å². The Balaban J connectivity index is 1.99. The highest BCUT2D eigenvalue weighted by Gasteiger charge is 2.20. The maximum absolute atomic E-state index is 13.2. The van der Waals surface area contributed by atoms with Gasteiger partial charge in [0.2, 0.25) is 0 Å². The molecular weight excluding hydrogens is 335 g/mol. The number of benzene rings is 2. The second-order valence-corrected chi connectivity index (χ2v) is 7.14. The molecule has 2 aromatic carbocycles. The third kappa shape index (κ3) is 2.57. The van der Waals surface area contributed by atoms with Gasteiger partial charge in [-0.3, -0.25) is 9.20 Å². The lowest BCUT2D eigenvalue weighted by molar-refractivity contribution is 0.111. The summed E-state index contributed by atoms with van der Waals surface area (Å²) >= 11 is 1.54. The average Bonchev–Trinajstić information content (AvgIpc) is 3.11. The number of aromatic nitrogens is 2. The topological polar surface area (TPSA) is 34.4 Å². The summed E-state index contributed by atoms with van der Waals surface area (Å²) in [5.74, 6) is -0.311. The van der Waals surface area contributed by atoms with Crippen molar-refractivity contribution in [1.82, 2.24) is 9.38 Å². The molecule has 25 heavy (non-hydrogen) atoms. The van der Waals surface area contributed by atoms with Gasteiger partial charge in [-0.1, -0.05) is 29.8 Å². The monoisotopic (exact) mass is 350 g/mol. The van der Waals surface area contributed by atoms with Gasteiger partial charge in [-0.25, -0.2) is 9.37 Å². The minimum absolute atomic E-state index is 0.311. The van der Waals surface area contributed by atoms with Crippen LogP contribution in [0.15, 0.2) is 48.5 Å². The van der Waals surface area contributed by atoms with E-state index < -0.39 is 0 Å². The van der Waals surface area contributed by atoms with E-state index in [9.17, 15) is 9.18 Å². The molecule has 0 spiro atoms. The van der Waals surface area contributed by atoms with Crippen LogP contribution in [0.5, 0.6) is 0 Å². The lowest BCUT2D eigenvalue weighted by Crippen LogP contribution is -1.95. The Labute approximate surface area is 148 Å². The molecule has 4 aromatic rings. The van der Waals surface area contributed by atoms with Crippen LogP contribution in [0.1, 0.15) is 20.9 Å². The number of carbonyl (C=O) groups is 1. The molecule has 0 amide bonds. The van der Waals surface area contributed by atoms with Crippen LogP contribution in [0.4, 0.5) is 4.39 Å². The van der Waals surface area contributed by atoms with Crippen molar-refractivity contribution in [3.8, 4) is 22.5 Å². The van der Waals surface area contributed by atoms with E-state index in [0.717, 1.165) is 32.9 Å². The maximum Gasteiger partial charge on any atom is 0.195 e. The zero-order valence-corrected chi connectivity index (χ0v) is 14.6. The van der Waals surface area contributed by atoms with Crippen molar-refractivity contribution in [1.29, 1.82) is 0 Å². The number of rotatable bonds is 3. The zero-order chi connectivity index (χ0) is 17.6. The van der Waals surface area contributed by atoms with Crippen molar-refractivity contribution < 1.29 is 9.18 Å². The van der Waals surface area contributed by atoms with Gasteiger partial charge in [-0.05, 0) is 43.7 Å². The maximum atomic E-state index is 13.2. The van der Waals surface area contributed by atoms with Crippen LogP contribution < -0.4 is 0 Å². The molecule has 0 unspecified atom stereocenters. The van der Waals surface area contributed by atoms with E-state index in [0.29, 0.717) is 11.4 Å². The largest absolute Gasteiger partial charge is 0.296 e. The lowest BCUT2D eigenvalue weighted by atomic mass is 10.1. The molecule has 0 radical (unpaired) electrons. The molecule has 3 nitrogen and oxygen atoms in total. The summed E-state index contributed by atoms with van der Waals surface area (Å²) in [6.07, 6.45) is 0.822. The fourth-order valence-electron chi connectivity index (χ4n) is 3.01. The second kappa shape index (κ2) is 5.93. The second-order valence-electron chi connectivity index (χ2n) is 5.96.